The fraction of sp³-hybridized carbons (Fsp3) is 0.300. The molecule has 1 unspecified atom stereocenters. The Bertz CT molecular complexity index is 348. The fourth-order valence-corrected chi connectivity index (χ4v) is 1.68. The second-order valence-corrected chi connectivity index (χ2v) is 3.82. The normalized spacial score (nSPS) is 20.4. The third-order valence-electron chi connectivity index (χ3n) is 2.11. The molecular formula is C10H10BrNO2. The van der Waals surface area contributed by atoms with Gasteiger partial charge in [-0.15, -0.1) is 0 Å². The molecule has 3 nitrogen and oxygen atoms in total. The molecule has 1 atom stereocenters. The van der Waals surface area contributed by atoms with Gasteiger partial charge in [-0.1, -0.05) is 21.1 Å². The number of hydrogen-bond donors (Lipinski definition) is 1. The molecule has 1 aromatic rings. The first-order valence-electron chi connectivity index (χ1n) is 4.37. The van der Waals surface area contributed by atoms with Gasteiger partial charge in [0.2, 0.25) is 0 Å². The summed E-state index contributed by atoms with van der Waals surface area (Å²) in [7, 11) is 0. The molecule has 0 spiro atoms. The largest absolute Gasteiger partial charge is 0.508 e. The molecule has 0 fully saturated rings. The summed E-state index contributed by atoms with van der Waals surface area (Å²) in [5.74, 6) is 0.269. The average molecular weight is 256 g/mol. The second kappa shape index (κ2) is 4.00. The number of oxime groups is 1. The van der Waals surface area contributed by atoms with Gasteiger partial charge in [-0.05, 0) is 29.8 Å². The van der Waals surface area contributed by atoms with Crippen molar-refractivity contribution in [3.8, 4) is 5.75 Å². The van der Waals surface area contributed by atoms with Crippen LogP contribution in [0.3, 0.4) is 0 Å². The van der Waals surface area contributed by atoms with Gasteiger partial charge in [-0.3, -0.25) is 0 Å². The summed E-state index contributed by atoms with van der Waals surface area (Å²) < 4.78 is 0. The zero-order chi connectivity index (χ0) is 9.97. The van der Waals surface area contributed by atoms with E-state index in [9.17, 15) is 0 Å². The number of aromatic hydroxyl groups is 1. The molecule has 0 bridgehead atoms. The van der Waals surface area contributed by atoms with E-state index >= 15 is 0 Å². The van der Waals surface area contributed by atoms with E-state index in [0.717, 1.165) is 23.0 Å². The van der Waals surface area contributed by atoms with Gasteiger partial charge in [-0.25, -0.2) is 0 Å². The molecule has 0 saturated carbocycles. The molecule has 14 heavy (non-hydrogen) atoms. The highest BCUT2D eigenvalue weighted by Crippen LogP contribution is 2.19. The first-order chi connectivity index (χ1) is 6.79. The maximum absolute atomic E-state index is 9.12. The van der Waals surface area contributed by atoms with Crippen molar-refractivity contribution >= 4 is 21.6 Å². The molecule has 2 rings (SSSR count). The summed E-state index contributed by atoms with van der Waals surface area (Å²) in [5.41, 5.74) is 1.95. The smallest absolute Gasteiger partial charge is 0.142 e. The summed E-state index contributed by atoms with van der Waals surface area (Å²) >= 11 is 3.35. The van der Waals surface area contributed by atoms with Gasteiger partial charge in [-0.2, -0.15) is 0 Å². The monoisotopic (exact) mass is 255 g/mol. The van der Waals surface area contributed by atoms with Gasteiger partial charge in [0.05, 0.1) is 5.71 Å². The molecule has 1 aliphatic rings. The van der Waals surface area contributed by atoms with Gasteiger partial charge in [0.25, 0.3) is 0 Å². The van der Waals surface area contributed by atoms with Crippen molar-refractivity contribution in [2.45, 2.75) is 12.5 Å². The molecule has 1 aliphatic heterocycles. The maximum Gasteiger partial charge on any atom is 0.142 e. The van der Waals surface area contributed by atoms with Crippen LogP contribution >= 0.6 is 15.9 Å². The first-order valence-corrected chi connectivity index (χ1v) is 5.50. The number of alkyl halides is 1. The van der Waals surface area contributed by atoms with Crippen molar-refractivity contribution < 1.29 is 9.94 Å². The van der Waals surface area contributed by atoms with Gasteiger partial charge in [0, 0.05) is 11.8 Å². The Morgan fingerprint density at radius 3 is 2.71 bits per heavy atom. The van der Waals surface area contributed by atoms with Crippen LogP contribution in [0.15, 0.2) is 29.4 Å². The summed E-state index contributed by atoms with van der Waals surface area (Å²) in [6, 6.07) is 6.99. The Morgan fingerprint density at radius 2 is 2.14 bits per heavy atom. The van der Waals surface area contributed by atoms with Crippen LogP contribution in [0.4, 0.5) is 0 Å². The lowest BCUT2D eigenvalue weighted by molar-refractivity contribution is 0.104. The molecule has 1 N–H and O–H groups in total. The van der Waals surface area contributed by atoms with Crippen molar-refractivity contribution in [1.29, 1.82) is 0 Å². The van der Waals surface area contributed by atoms with Crippen LogP contribution in [0, 0.1) is 0 Å². The summed E-state index contributed by atoms with van der Waals surface area (Å²) in [4.78, 5) is 5.18. The summed E-state index contributed by atoms with van der Waals surface area (Å²) in [5, 5.41) is 13.9. The van der Waals surface area contributed by atoms with Crippen LogP contribution in [-0.2, 0) is 4.84 Å². The lowest BCUT2D eigenvalue weighted by atomic mass is 10.1. The molecule has 0 saturated heterocycles. The highest BCUT2D eigenvalue weighted by atomic mass is 79.9. The van der Waals surface area contributed by atoms with E-state index in [-0.39, 0.29) is 11.9 Å². The minimum atomic E-state index is 0.138. The Morgan fingerprint density at radius 1 is 1.43 bits per heavy atom. The molecule has 0 aliphatic carbocycles. The lowest BCUT2D eigenvalue weighted by Crippen LogP contribution is -2.09. The molecule has 0 radical (unpaired) electrons. The molecule has 74 valence electrons. The van der Waals surface area contributed by atoms with Crippen LogP contribution in [0.25, 0.3) is 0 Å². The molecule has 1 aromatic carbocycles. The maximum atomic E-state index is 9.12. The van der Waals surface area contributed by atoms with E-state index in [1.54, 1.807) is 12.1 Å². The van der Waals surface area contributed by atoms with Crippen LogP contribution in [0.2, 0.25) is 0 Å². The van der Waals surface area contributed by atoms with E-state index in [2.05, 4.69) is 21.1 Å². The van der Waals surface area contributed by atoms with Crippen molar-refractivity contribution in [3.05, 3.63) is 29.8 Å². The topological polar surface area (TPSA) is 41.8 Å². The van der Waals surface area contributed by atoms with Gasteiger partial charge >= 0.3 is 0 Å². The Kier molecular flexibility index (Phi) is 2.72. The van der Waals surface area contributed by atoms with Crippen LogP contribution in [-0.4, -0.2) is 22.3 Å². The number of hydrogen-bond acceptors (Lipinski definition) is 3. The molecule has 1 heterocycles. The zero-order valence-corrected chi connectivity index (χ0v) is 9.07. The predicted octanol–water partition coefficient (Wildman–Crippen LogP) is 2.28. The van der Waals surface area contributed by atoms with Crippen LogP contribution in [0.5, 0.6) is 5.75 Å². The third-order valence-corrected chi connectivity index (χ3v) is 2.83. The Balaban J connectivity index is 2.13. The Labute approximate surface area is 90.5 Å². The van der Waals surface area contributed by atoms with Gasteiger partial charge in [0.1, 0.15) is 11.9 Å². The summed E-state index contributed by atoms with van der Waals surface area (Å²) in [6.07, 6.45) is 0.953. The molecule has 0 aromatic heterocycles. The number of phenolic OH excluding ortho intramolecular Hbond substituents is 1. The quantitative estimate of drug-likeness (QED) is 0.825. The predicted molar refractivity (Wildman–Crippen MR) is 57.9 cm³/mol. The van der Waals surface area contributed by atoms with E-state index in [1.165, 1.54) is 0 Å². The molecule has 4 heteroatoms. The standard InChI is InChI=1S/C10H10BrNO2/c11-6-9-5-10(12-14-9)7-1-3-8(13)4-2-7/h1-4,9,13H,5-6H2. The highest BCUT2D eigenvalue weighted by Gasteiger charge is 2.20. The number of nitrogens with zero attached hydrogens (tertiary/aromatic N) is 1. The third kappa shape index (κ3) is 1.90. The highest BCUT2D eigenvalue weighted by molar-refractivity contribution is 9.09. The second-order valence-electron chi connectivity index (χ2n) is 3.17. The number of phenols is 1. The van der Waals surface area contributed by atoms with E-state index in [4.69, 9.17) is 9.94 Å². The van der Waals surface area contributed by atoms with E-state index in [1.807, 2.05) is 12.1 Å². The molecule has 0 amide bonds. The summed E-state index contributed by atoms with van der Waals surface area (Å²) in [6.45, 7) is 0. The SMILES string of the molecule is Oc1ccc(C2=NOC(CBr)C2)cc1. The average Bonchev–Trinajstić information content (AvgIpc) is 2.67. The Hall–Kier alpha value is -1.03. The number of halogens is 1. The van der Waals surface area contributed by atoms with Crippen molar-refractivity contribution in [2.75, 3.05) is 5.33 Å². The van der Waals surface area contributed by atoms with Gasteiger partial charge in [0.15, 0.2) is 0 Å². The fourth-order valence-electron chi connectivity index (χ4n) is 1.34. The van der Waals surface area contributed by atoms with E-state index < -0.39 is 0 Å². The first kappa shape index (κ1) is 9.52. The van der Waals surface area contributed by atoms with Gasteiger partial charge < -0.3 is 9.94 Å². The zero-order valence-electron chi connectivity index (χ0n) is 7.48. The minimum Gasteiger partial charge on any atom is -0.508 e. The van der Waals surface area contributed by atoms with E-state index in [0.29, 0.717) is 0 Å². The number of rotatable bonds is 2. The molecular weight excluding hydrogens is 246 g/mol. The lowest BCUT2D eigenvalue weighted by Gasteiger charge is -2.01. The van der Waals surface area contributed by atoms with Crippen molar-refractivity contribution in [2.24, 2.45) is 5.16 Å². The van der Waals surface area contributed by atoms with Crippen LogP contribution < -0.4 is 0 Å². The van der Waals surface area contributed by atoms with Crippen LogP contribution in [0.1, 0.15) is 12.0 Å². The van der Waals surface area contributed by atoms with Crippen molar-refractivity contribution in [1.82, 2.24) is 0 Å². The van der Waals surface area contributed by atoms with Crippen molar-refractivity contribution in [3.63, 3.8) is 0 Å². The minimum absolute atomic E-state index is 0.138. The number of benzene rings is 1.